The number of diazo groups is 1. The lowest BCUT2D eigenvalue weighted by Crippen LogP contribution is -1.69. The highest BCUT2D eigenvalue weighted by molar-refractivity contribution is 7.94. The minimum atomic E-state index is 0.547. The molecular formula is C8H12N3OS+. The van der Waals surface area contributed by atoms with Gasteiger partial charge in [0, 0.05) is 29.1 Å². The van der Waals surface area contributed by atoms with Crippen molar-refractivity contribution < 1.29 is 4.18 Å². The maximum atomic E-state index is 8.35. The Bertz CT molecular complexity index is 268. The van der Waals surface area contributed by atoms with E-state index in [1.165, 1.54) is 19.1 Å². The molecule has 5 heteroatoms. The van der Waals surface area contributed by atoms with Gasteiger partial charge in [-0.3, -0.25) is 0 Å². The van der Waals surface area contributed by atoms with Gasteiger partial charge in [-0.15, -0.1) is 0 Å². The zero-order chi connectivity index (χ0) is 10.1. The van der Waals surface area contributed by atoms with Crippen molar-refractivity contribution in [1.29, 1.82) is 5.39 Å². The molecular weight excluding hydrogens is 186 g/mol. The highest BCUT2D eigenvalue weighted by Gasteiger charge is 2.01. The maximum absolute atomic E-state index is 8.35. The van der Waals surface area contributed by atoms with Crippen LogP contribution in [0.15, 0.2) is 29.2 Å². The van der Waals surface area contributed by atoms with E-state index in [1.807, 2.05) is 12.1 Å². The second kappa shape index (κ2) is 7.55. The third-order valence-electron chi connectivity index (χ3n) is 1.13. The van der Waals surface area contributed by atoms with E-state index < -0.39 is 0 Å². The molecule has 0 amide bonds. The minimum Gasteiger partial charge on any atom is -0.333 e. The van der Waals surface area contributed by atoms with Crippen LogP contribution in [0.1, 0.15) is 0 Å². The van der Waals surface area contributed by atoms with Gasteiger partial charge in [-0.1, -0.05) is 0 Å². The highest BCUT2D eigenvalue weighted by Crippen LogP contribution is 2.21. The lowest BCUT2D eigenvalue weighted by molar-refractivity contribution is 0.490. The van der Waals surface area contributed by atoms with Crippen LogP contribution in [0.2, 0.25) is 0 Å². The maximum Gasteiger partial charge on any atom is 0.385 e. The Morgan fingerprint density at radius 1 is 1.31 bits per heavy atom. The fourth-order valence-corrected chi connectivity index (χ4v) is 1.10. The molecule has 4 nitrogen and oxygen atoms in total. The van der Waals surface area contributed by atoms with Gasteiger partial charge in [-0.2, -0.15) is 0 Å². The van der Waals surface area contributed by atoms with Crippen molar-refractivity contribution in [3.8, 4) is 0 Å². The molecule has 0 unspecified atom stereocenters. The molecule has 0 heterocycles. The Morgan fingerprint density at radius 3 is 2.23 bits per heavy atom. The van der Waals surface area contributed by atoms with Crippen molar-refractivity contribution >= 4 is 17.7 Å². The zero-order valence-corrected chi connectivity index (χ0v) is 8.41. The average Bonchev–Trinajstić information content (AvgIpc) is 2.23. The van der Waals surface area contributed by atoms with Crippen LogP contribution in [0.3, 0.4) is 0 Å². The molecule has 70 valence electrons. The molecule has 0 fully saturated rings. The van der Waals surface area contributed by atoms with Crippen molar-refractivity contribution in [2.75, 3.05) is 14.2 Å². The smallest absolute Gasteiger partial charge is 0.333 e. The Labute approximate surface area is 81.9 Å². The molecule has 13 heavy (non-hydrogen) atoms. The summed E-state index contributed by atoms with van der Waals surface area (Å²) >= 11 is 1.27. The average molecular weight is 198 g/mol. The van der Waals surface area contributed by atoms with E-state index in [0.717, 1.165) is 4.90 Å². The SMILES string of the molecule is CN.COSc1ccc([N+]#N)cc1. The Balaban J connectivity index is 0.000000671. The summed E-state index contributed by atoms with van der Waals surface area (Å²) in [6.07, 6.45) is 0. The second-order valence-corrected chi connectivity index (χ2v) is 2.82. The van der Waals surface area contributed by atoms with Crippen molar-refractivity contribution in [2.24, 2.45) is 5.73 Å². The molecule has 0 atom stereocenters. The molecule has 1 aromatic rings. The van der Waals surface area contributed by atoms with E-state index in [9.17, 15) is 0 Å². The topological polar surface area (TPSA) is 63.4 Å². The van der Waals surface area contributed by atoms with Crippen LogP contribution in [0.4, 0.5) is 5.69 Å². The molecule has 1 aromatic carbocycles. The molecule has 0 radical (unpaired) electrons. The van der Waals surface area contributed by atoms with E-state index in [0.29, 0.717) is 5.69 Å². The van der Waals surface area contributed by atoms with Crippen LogP contribution in [0, 0.1) is 5.39 Å². The second-order valence-electron chi connectivity index (χ2n) is 1.84. The van der Waals surface area contributed by atoms with E-state index in [4.69, 9.17) is 9.58 Å². The lowest BCUT2D eigenvalue weighted by atomic mass is 10.3. The van der Waals surface area contributed by atoms with Gasteiger partial charge in [-0.05, 0) is 19.2 Å². The van der Waals surface area contributed by atoms with E-state index in [2.05, 4.69) is 10.7 Å². The first kappa shape index (κ1) is 11.9. The summed E-state index contributed by atoms with van der Waals surface area (Å²) in [4.78, 5) is 4.01. The van der Waals surface area contributed by atoms with E-state index >= 15 is 0 Å². The number of rotatable bonds is 2. The molecule has 0 aromatic heterocycles. The van der Waals surface area contributed by atoms with E-state index in [-0.39, 0.29) is 0 Å². The summed E-state index contributed by atoms with van der Waals surface area (Å²) in [7, 11) is 3.11. The predicted molar refractivity (Wildman–Crippen MR) is 54.2 cm³/mol. The molecule has 0 aliphatic rings. The molecule has 0 spiro atoms. The summed E-state index contributed by atoms with van der Waals surface area (Å²) in [6.45, 7) is 0. The predicted octanol–water partition coefficient (Wildman–Crippen LogP) is 2.40. The number of nitrogens with zero attached hydrogens (tertiary/aromatic N) is 2. The quantitative estimate of drug-likeness (QED) is 0.585. The van der Waals surface area contributed by atoms with Gasteiger partial charge in [0.05, 0.1) is 7.11 Å². The molecule has 0 aliphatic carbocycles. The van der Waals surface area contributed by atoms with Crippen molar-refractivity contribution in [1.82, 2.24) is 0 Å². The molecule has 1 rings (SSSR count). The Kier molecular flexibility index (Phi) is 6.92. The first-order valence-corrected chi connectivity index (χ1v) is 4.34. The third kappa shape index (κ3) is 4.48. The fourth-order valence-electron chi connectivity index (χ4n) is 0.665. The third-order valence-corrected chi connectivity index (χ3v) is 1.76. The number of benzene rings is 1. The summed E-state index contributed by atoms with van der Waals surface area (Å²) < 4.78 is 4.82. The van der Waals surface area contributed by atoms with Gasteiger partial charge in [0.15, 0.2) is 4.98 Å². The fraction of sp³-hybridized carbons (Fsp3) is 0.250. The van der Waals surface area contributed by atoms with Gasteiger partial charge in [-0.25, -0.2) is 0 Å². The van der Waals surface area contributed by atoms with Crippen LogP contribution in [-0.2, 0) is 4.18 Å². The summed E-state index contributed by atoms with van der Waals surface area (Å²) in [5.74, 6) is 0. The van der Waals surface area contributed by atoms with Crippen LogP contribution in [-0.4, -0.2) is 14.2 Å². The summed E-state index contributed by atoms with van der Waals surface area (Å²) in [5, 5.41) is 8.35. The molecule has 0 saturated carbocycles. The highest BCUT2D eigenvalue weighted by atomic mass is 32.2. The largest absolute Gasteiger partial charge is 0.385 e. The number of hydrogen-bond acceptors (Lipinski definition) is 4. The summed E-state index contributed by atoms with van der Waals surface area (Å²) in [5.41, 5.74) is 5.05. The number of hydrogen-bond donors (Lipinski definition) is 1. The number of nitrogens with two attached hydrogens (primary N) is 1. The van der Waals surface area contributed by atoms with Crippen LogP contribution >= 0.6 is 12.0 Å². The molecule has 0 aliphatic heterocycles. The Hall–Kier alpha value is -1.09. The standard InChI is InChI=1S/C7H7N2OS.CH5N/c1-10-11-7-4-2-6(9-8)3-5-7;1-2/h2-5H,1H3;2H2,1H3/q+1;. The van der Waals surface area contributed by atoms with E-state index in [1.54, 1.807) is 19.2 Å². The first-order valence-electron chi connectivity index (χ1n) is 3.60. The van der Waals surface area contributed by atoms with Gasteiger partial charge in [0.25, 0.3) is 0 Å². The van der Waals surface area contributed by atoms with Crippen LogP contribution < -0.4 is 5.73 Å². The zero-order valence-electron chi connectivity index (χ0n) is 7.60. The van der Waals surface area contributed by atoms with Crippen molar-refractivity contribution in [3.05, 3.63) is 29.2 Å². The monoisotopic (exact) mass is 198 g/mol. The van der Waals surface area contributed by atoms with Crippen molar-refractivity contribution in [3.63, 3.8) is 0 Å². The Morgan fingerprint density at radius 2 is 1.85 bits per heavy atom. The van der Waals surface area contributed by atoms with Gasteiger partial charge in [0.1, 0.15) is 0 Å². The van der Waals surface area contributed by atoms with Gasteiger partial charge < -0.3 is 9.92 Å². The van der Waals surface area contributed by atoms with Gasteiger partial charge >= 0.3 is 5.69 Å². The summed E-state index contributed by atoms with van der Waals surface area (Å²) in [6, 6.07) is 7.06. The lowest BCUT2D eigenvalue weighted by Gasteiger charge is -1.92. The van der Waals surface area contributed by atoms with Crippen molar-refractivity contribution in [2.45, 2.75) is 4.90 Å². The normalized spacial score (nSPS) is 8.15. The van der Waals surface area contributed by atoms with Crippen LogP contribution in [0.5, 0.6) is 0 Å². The molecule has 0 bridgehead atoms. The first-order chi connectivity index (χ1) is 6.36. The van der Waals surface area contributed by atoms with Crippen LogP contribution in [0.25, 0.3) is 4.98 Å². The minimum absolute atomic E-state index is 0.547. The molecule has 2 N–H and O–H groups in total. The van der Waals surface area contributed by atoms with Gasteiger partial charge in [0.2, 0.25) is 5.39 Å². The molecule has 0 saturated heterocycles.